The maximum Gasteiger partial charge on any atom is 0.164 e. The predicted molar refractivity (Wildman–Crippen MR) is 56.2 cm³/mol. The Kier molecular flexibility index (Phi) is 3.70. The Bertz CT molecular complexity index is 257. The molecule has 1 atom stereocenters. The molecule has 0 aliphatic rings. The van der Waals surface area contributed by atoms with Crippen LogP contribution in [0.3, 0.4) is 0 Å². The quantitative estimate of drug-likeness (QED) is 0.633. The van der Waals surface area contributed by atoms with Crippen molar-refractivity contribution in [2.24, 2.45) is 5.73 Å². The minimum atomic E-state index is 0.182. The van der Waals surface area contributed by atoms with E-state index in [2.05, 4.69) is 22.4 Å². The molecule has 1 rings (SSSR count). The van der Waals surface area contributed by atoms with Crippen LogP contribution in [0.1, 0.15) is 31.4 Å². The molecule has 1 unspecified atom stereocenters. The molecule has 1 heterocycles. The zero-order valence-corrected chi connectivity index (χ0v) is 8.40. The SMILES string of the molecule is CCCC(NC(N)=S)c1cn[nH]c1. The van der Waals surface area contributed by atoms with Crippen molar-refractivity contribution in [3.63, 3.8) is 0 Å². The second-order valence-corrected chi connectivity index (χ2v) is 3.32. The first-order chi connectivity index (χ1) is 6.24. The fourth-order valence-electron chi connectivity index (χ4n) is 1.23. The van der Waals surface area contributed by atoms with Gasteiger partial charge in [0.05, 0.1) is 12.2 Å². The summed E-state index contributed by atoms with van der Waals surface area (Å²) in [7, 11) is 0. The van der Waals surface area contributed by atoms with Crippen LogP contribution in [-0.4, -0.2) is 15.3 Å². The van der Waals surface area contributed by atoms with E-state index in [0.717, 1.165) is 18.4 Å². The molecule has 0 saturated heterocycles. The van der Waals surface area contributed by atoms with Crippen molar-refractivity contribution in [3.05, 3.63) is 18.0 Å². The molecule has 0 radical (unpaired) electrons. The van der Waals surface area contributed by atoms with Crippen LogP contribution in [0, 0.1) is 0 Å². The van der Waals surface area contributed by atoms with Crippen LogP contribution in [0.25, 0.3) is 0 Å². The Morgan fingerprint density at radius 2 is 2.62 bits per heavy atom. The van der Waals surface area contributed by atoms with Gasteiger partial charge in [0, 0.05) is 11.8 Å². The number of nitrogens with one attached hydrogen (secondary N) is 2. The van der Waals surface area contributed by atoms with Gasteiger partial charge in [-0.2, -0.15) is 5.10 Å². The highest BCUT2D eigenvalue weighted by Crippen LogP contribution is 2.16. The van der Waals surface area contributed by atoms with Crippen LogP contribution < -0.4 is 11.1 Å². The number of rotatable bonds is 4. The highest BCUT2D eigenvalue weighted by molar-refractivity contribution is 7.80. The van der Waals surface area contributed by atoms with Crippen LogP contribution in [0.5, 0.6) is 0 Å². The topological polar surface area (TPSA) is 66.7 Å². The molecule has 0 saturated carbocycles. The number of thiocarbonyl (C=S) groups is 1. The number of aromatic nitrogens is 2. The predicted octanol–water partition coefficient (Wildman–Crippen LogP) is 1.08. The van der Waals surface area contributed by atoms with E-state index in [1.807, 2.05) is 6.20 Å². The van der Waals surface area contributed by atoms with Gasteiger partial charge in [-0.1, -0.05) is 13.3 Å². The van der Waals surface area contributed by atoms with E-state index in [1.165, 1.54) is 0 Å². The van der Waals surface area contributed by atoms with Crippen molar-refractivity contribution < 1.29 is 0 Å². The van der Waals surface area contributed by atoms with Crippen LogP contribution in [0.4, 0.5) is 0 Å². The number of hydrogen-bond acceptors (Lipinski definition) is 2. The standard InChI is InChI=1S/C8H14N4S/c1-2-3-7(12-8(9)13)6-4-10-11-5-6/h4-5,7H,2-3H2,1H3,(H,10,11)(H3,9,12,13). The maximum atomic E-state index is 5.42. The number of H-pyrrole nitrogens is 1. The average molecular weight is 198 g/mol. The van der Waals surface area contributed by atoms with Gasteiger partial charge in [-0.15, -0.1) is 0 Å². The van der Waals surface area contributed by atoms with Crippen LogP contribution >= 0.6 is 12.2 Å². The molecule has 1 aromatic heterocycles. The first kappa shape index (κ1) is 9.98. The van der Waals surface area contributed by atoms with Gasteiger partial charge in [-0.05, 0) is 18.6 Å². The molecule has 72 valence electrons. The first-order valence-corrected chi connectivity index (χ1v) is 4.69. The lowest BCUT2D eigenvalue weighted by molar-refractivity contribution is 0.583. The van der Waals surface area contributed by atoms with Gasteiger partial charge in [0.25, 0.3) is 0 Å². The van der Waals surface area contributed by atoms with Gasteiger partial charge in [-0.3, -0.25) is 5.10 Å². The molecule has 0 spiro atoms. The van der Waals surface area contributed by atoms with Crippen molar-refractivity contribution >= 4 is 17.3 Å². The summed E-state index contributed by atoms with van der Waals surface area (Å²) in [4.78, 5) is 0. The lowest BCUT2D eigenvalue weighted by atomic mass is 10.1. The molecule has 0 aliphatic heterocycles. The van der Waals surface area contributed by atoms with Crippen LogP contribution in [0.15, 0.2) is 12.4 Å². The molecule has 4 N–H and O–H groups in total. The van der Waals surface area contributed by atoms with Crippen molar-refractivity contribution in [1.82, 2.24) is 15.5 Å². The van der Waals surface area contributed by atoms with Crippen molar-refractivity contribution in [3.8, 4) is 0 Å². The molecule has 0 amide bonds. The molecular weight excluding hydrogens is 184 g/mol. The van der Waals surface area contributed by atoms with Gasteiger partial charge < -0.3 is 11.1 Å². The van der Waals surface area contributed by atoms with Gasteiger partial charge in [0.2, 0.25) is 0 Å². The van der Waals surface area contributed by atoms with E-state index in [4.69, 9.17) is 18.0 Å². The summed E-state index contributed by atoms with van der Waals surface area (Å²) in [5, 5.41) is 10.0. The smallest absolute Gasteiger partial charge is 0.164 e. The number of nitrogens with two attached hydrogens (primary N) is 1. The summed E-state index contributed by atoms with van der Waals surface area (Å²) >= 11 is 4.80. The third kappa shape index (κ3) is 3.02. The summed E-state index contributed by atoms with van der Waals surface area (Å²) in [6.45, 7) is 2.12. The Morgan fingerprint density at radius 1 is 1.85 bits per heavy atom. The summed E-state index contributed by atoms with van der Waals surface area (Å²) in [6.07, 6.45) is 5.71. The molecule has 4 nitrogen and oxygen atoms in total. The number of hydrogen-bond donors (Lipinski definition) is 3. The molecule has 0 bridgehead atoms. The van der Waals surface area contributed by atoms with Gasteiger partial charge in [-0.25, -0.2) is 0 Å². The molecule has 5 heteroatoms. The normalized spacial score (nSPS) is 12.4. The first-order valence-electron chi connectivity index (χ1n) is 4.28. The lowest BCUT2D eigenvalue weighted by Gasteiger charge is -2.15. The highest BCUT2D eigenvalue weighted by Gasteiger charge is 2.10. The monoisotopic (exact) mass is 198 g/mol. The number of aromatic amines is 1. The van der Waals surface area contributed by atoms with E-state index < -0.39 is 0 Å². The van der Waals surface area contributed by atoms with Crippen molar-refractivity contribution in [2.75, 3.05) is 0 Å². The summed E-state index contributed by atoms with van der Waals surface area (Å²) < 4.78 is 0. The fraction of sp³-hybridized carbons (Fsp3) is 0.500. The zero-order valence-electron chi connectivity index (χ0n) is 7.58. The molecule has 13 heavy (non-hydrogen) atoms. The Hall–Kier alpha value is -1.10. The maximum absolute atomic E-state index is 5.42. The fourth-order valence-corrected chi connectivity index (χ4v) is 1.38. The van der Waals surface area contributed by atoms with Crippen LogP contribution in [0.2, 0.25) is 0 Å². The van der Waals surface area contributed by atoms with E-state index in [0.29, 0.717) is 5.11 Å². The lowest BCUT2D eigenvalue weighted by Crippen LogP contribution is -2.32. The minimum Gasteiger partial charge on any atom is -0.376 e. The average Bonchev–Trinajstić information content (AvgIpc) is 2.54. The van der Waals surface area contributed by atoms with Gasteiger partial charge >= 0.3 is 0 Å². The van der Waals surface area contributed by atoms with Crippen molar-refractivity contribution in [2.45, 2.75) is 25.8 Å². The second-order valence-electron chi connectivity index (χ2n) is 2.88. The van der Waals surface area contributed by atoms with Crippen molar-refractivity contribution in [1.29, 1.82) is 0 Å². The Morgan fingerprint density at radius 3 is 3.08 bits per heavy atom. The van der Waals surface area contributed by atoms with E-state index in [9.17, 15) is 0 Å². The van der Waals surface area contributed by atoms with Gasteiger partial charge in [0.15, 0.2) is 5.11 Å². The van der Waals surface area contributed by atoms with E-state index >= 15 is 0 Å². The van der Waals surface area contributed by atoms with Gasteiger partial charge in [0.1, 0.15) is 0 Å². The Balaban J connectivity index is 2.62. The van der Waals surface area contributed by atoms with E-state index in [1.54, 1.807) is 6.20 Å². The summed E-state index contributed by atoms with van der Waals surface area (Å²) in [6, 6.07) is 0.182. The molecule has 0 aliphatic carbocycles. The third-order valence-corrected chi connectivity index (χ3v) is 1.93. The summed E-state index contributed by atoms with van der Waals surface area (Å²) in [5.74, 6) is 0. The third-order valence-electron chi connectivity index (χ3n) is 1.82. The largest absolute Gasteiger partial charge is 0.376 e. The minimum absolute atomic E-state index is 0.182. The Labute approximate surface area is 82.9 Å². The molecule has 0 fully saturated rings. The van der Waals surface area contributed by atoms with Crippen LogP contribution in [-0.2, 0) is 0 Å². The molecule has 1 aromatic rings. The summed E-state index contributed by atoms with van der Waals surface area (Å²) in [5.41, 5.74) is 6.51. The molecular formula is C8H14N4S. The van der Waals surface area contributed by atoms with E-state index in [-0.39, 0.29) is 6.04 Å². The number of nitrogens with zero attached hydrogens (tertiary/aromatic N) is 1. The molecule has 0 aromatic carbocycles. The highest BCUT2D eigenvalue weighted by atomic mass is 32.1. The zero-order chi connectivity index (χ0) is 9.68. The second kappa shape index (κ2) is 4.81.